The minimum atomic E-state index is -0.236. The number of aryl methyl sites for hydroxylation is 2. The normalized spacial score (nSPS) is 13.0. The van der Waals surface area contributed by atoms with Gasteiger partial charge in [-0.3, -0.25) is 4.79 Å². The number of nitrogen functional groups attached to an aromatic ring is 1. The van der Waals surface area contributed by atoms with Crippen LogP contribution in [0.5, 0.6) is 5.75 Å². The number of carbonyl (C=O) groups excluding carboxylic acids is 1. The van der Waals surface area contributed by atoms with Crippen LogP contribution in [0.4, 0.5) is 11.4 Å². The second kappa shape index (κ2) is 5.79. The molecule has 2 aromatic heterocycles. The van der Waals surface area contributed by atoms with Crippen LogP contribution in [0.1, 0.15) is 27.3 Å². The number of methoxy groups -OCH3 is 1. The van der Waals surface area contributed by atoms with Gasteiger partial charge in [0.25, 0.3) is 5.91 Å². The van der Waals surface area contributed by atoms with Crippen molar-refractivity contribution in [2.45, 2.75) is 19.3 Å². The van der Waals surface area contributed by atoms with Gasteiger partial charge in [0, 0.05) is 11.1 Å². The van der Waals surface area contributed by atoms with Gasteiger partial charge in [-0.2, -0.15) is 0 Å². The number of hydrogen-bond acceptors (Lipinski definition) is 5. The Hall–Kier alpha value is -2.60. The van der Waals surface area contributed by atoms with Crippen LogP contribution in [0.2, 0.25) is 0 Å². The summed E-state index contributed by atoms with van der Waals surface area (Å²) in [5.74, 6) is 0.378. The van der Waals surface area contributed by atoms with Crippen molar-refractivity contribution in [3.63, 3.8) is 0 Å². The number of nitrogens with zero attached hydrogens (tertiary/aromatic N) is 1. The van der Waals surface area contributed by atoms with E-state index in [-0.39, 0.29) is 5.91 Å². The van der Waals surface area contributed by atoms with Crippen LogP contribution in [-0.2, 0) is 12.8 Å². The van der Waals surface area contributed by atoms with Gasteiger partial charge in [-0.25, -0.2) is 4.98 Å². The van der Waals surface area contributed by atoms with E-state index in [1.54, 1.807) is 19.2 Å². The predicted molar refractivity (Wildman–Crippen MR) is 97.0 cm³/mol. The van der Waals surface area contributed by atoms with E-state index in [0.717, 1.165) is 35.2 Å². The lowest BCUT2D eigenvalue weighted by atomic mass is 10.1. The van der Waals surface area contributed by atoms with E-state index in [1.165, 1.54) is 16.9 Å². The number of nitrogens with one attached hydrogen (secondary N) is 1. The van der Waals surface area contributed by atoms with E-state index in [0.29, 0.717) is 22.0 Å². The number of rotatable bonds is 3. The van der Waals surface area contributed by atoms with Crippen LogP contribution in [0.3, 0.4) is 0 Å². The SMILES string of the molecule is COc1ccccc1NC(=O)c1sc2nc3c(cc2c1N)CCC3. The lowest BCUT2D eigenvalue weighted by Gasteiger charge is -2.09. The van der Waals surface area contributed by atoms with Crippen molar-refractivity contribution in [2.24, 2.45) is 0 Å². The maximum Gasteiger partial charge on any atom is 0.268 e. The summed E-state index contributed by atoms with van der Waals surface area (Å²) in [5, 5.41) is 3.76. The van der Waals surface area contributed by atoms with Crippen molar-refractivity contribution in [1.82, 2.24) is 4.98 Å². The number of carbonyl (C=O) groups is 1. The highest BCUT2D eigenvalue weighted by molar-refractivity contribution is 7.21. The van der Waals surface area contributed by atoms with Gasteiger partial charge < -0.3 is 15.8 Å². The number of para-hydroxylation sites is 2. The molecule has 0 radical (unpaired) electrons. The summed E-state index contributed by atoms with van der Waals surface area (Å²) in [6.45, 7) is 0. The van der Waals surface area contributed by atoms with Crippen molar-refractivity contribution in [1.29, 1.82) is 0 Å². The average Bonchev–Trinajstić information content (AvgIpc) is 3.17. The molecule has 5 nitrogen and oxygen atoms in total. The smallest absolute Gasteiger partial charge is 0.268 e. The molecule has 0 atom stereocenters. The number of pyridine rings is 1. The molecule has 1 aliphatic rings. The largest absolute Gasteiger partial charge is 0.495 e. The fourth-order valence-corrected chi connectivity index (χ4v) is 4.09. The van der Waals surface area contributed by atoms with Gasteiger partial charge in [-0.15, -0.1) is 11.3 Å². The summed E-state index contributed by atoms with van der Waals surface area (Å²) in [6.07, 6.45) is 3.18. The zero-order valence-corrected chi connectivity index (χ0v) is 14.1. The van der Waals surface area contributed by atoms with E-state index in [4.69, 9.17) is 15.5 Å². The van der Waals surface area contributed by atoms with Crippen LogP contribution >= 0.6 is 11.3 Å². The first kappa shape index (κ1) is 15.0. The molecule has 3 aromatic rings. The second-order valence-corrected chi connectivity index (χ2v) is 6.80. The van der Waals surface area contributed by atoms with E-state index >= 15 is 0 Å². The van der Waals surface area contributed by atoms with Gasteiger partial charge in [0.2, 0.25) is 0 Å². The monoisotopic (exact) mass is 339 g/mol. The molecule has 6 heteroatoms. The van der Waals surface area contributed by atoms with E-state index < -0.39 is 0 Å². The molecule has 0 saturated carbocycles. The zero-order chi connectivity index (χ0) is 16.7. The van der Waals surface area contributed by atoms with E-state index in [9.17, 15) is 4.79 Å². The second-order valence-electron chi connectivity index (χ2n) is 5.80. The lowest BCUT2D eigenvalue weighted by Crippen LogP contribution is -2.12. The van der Waals surface area contributed by atoms with E-state index in [2.05, 4.69) is 11.4 Å². The maximum absolute atomic E-state index is 12.7. The van der Waals surface area contributed by atoms with Crippen LogP contribution in [0.25, 0.3) is 10.2 Å². The van der Waals surface area contributed by atoms with Crippen LogP contribution < -0.4 is 15.8 Å². The number of thiophene rings is 1. The Labute approximate surface area is 143 Å². The summed E-state index contributed by atoms with van der Waals surface area (Å²) in [5.41, 5.74) is 9.76. The summed E-state index contributed by atoms with van der Waals surface area (Å²) in [7, 11) is 1.57. The highest BCUT2D eigenvalue weighted by Crippen LogP contribution is 2.36. The van der Waals surface area contributed by atoms with Crippen LogP contribution in [0, 0.1) is 0 Å². The molecule has 3 N–H and O–H groups in total. The van der Waals surface area contributed by atoms with Gasteiger partial charge in [-0.05, 0) is 43.0 Å². The van der Waals surface area contributed by atoms with Crippen molar-refractivity contribution in [3.8, 4) is 5.75 Å². The molecule has 4 rings (SSSR count). The molecule has 0 unspecified atom stereocenters. The molecule has 2 heterocycles. The number of benzene rings is 1. The molecule has 0 bridgehead atoms. The Balaban J connectivity index is 1.71. The third kappa shape index (κ3) is 2.39. The summed E-state index contributed by atoms with van der Waals surface area (Å²) in [6, 6.07) is 9.39. The molecular weight excluding hydrogens is 322 g/mol. The number of hydrogen-bond donors (Lipinski definition) is 2. The van der Waals surface area contributed by atoms with Gasteiger partial charge in [0.1, 0.15) is 15.5 Å². The third-order valence-corrected chi connectivity index (χ3v) is 5.42. The minimum Gasteiger partial charge on any atom is -0.495 e. The van der Waals surface area contributed by atoms with Gasteiger partial charge in [0.05, 0.1) is 18.5 Å². The van der Waals surface area contributed by atoms with Crippen LogP contribution in [-0.4, -0.2) is 18.0 Å². The molecule has 0 saturated heterocycles. The fraction of sp³-hybridized carbons (Fsp3) is 0.222. The molecule has 1 aromatic carbocycles. The average molecular weight is 339 g/mol. The highest BCUT2D eigenvalue weighted by atomic mass is 32.1. The number of fused-ring (bicyclic) bond motifs is 2. The van der Waals surface area contributed by atoms with Gasteiger partial charge >= 0.3 is 0 Å². The number of aromatic nitrogens is 1. The first-order chi connectivity index (χ1) is 11.7. The summed E-state index contributed by atoms with van der Waals surface area (Å²) in [4.78, 5) is 18.7. The summed E-state index contributed by atoms with van der Waals surface area (Å²) < 4.78 is 5.27. The fourth-order valence-electron chi connectivity index (χ4n) is 3.09. The molecule has 122 valence electrons. The topological polar surface area (TPSA) is 77.2 Å². The Morgan fingerprint density at radius 2 is 2.17 bits per heavy atom. The number of amides is 1. The summed E-state index contributed by atoms with van der Waals surface area (Å²) >= 11 is 1.34. The number of anilines is 2. The maximum atomic E-state index is 12.7. The van der Waals surface area contributed by atoms with Crippen molar-refractivity contribution in [3.05, 3.63) is 46.5 Å². The zero-order valence-electron chi connectivity index (χ0n) is 13.3. The molecule has 1 amide bonds. The van der Waals surface area contributed by atoms with E-state index in [1.807, 2.05) is 12.1 Å². The van der Waals surface area contributed by atoms with Crippen molar-refractivity contribution < 1.29 is 9.53 Å². The molecule has 0 fully saturated rings. The molecule has 1 aliphatic carbocycles. The predicted octanol–water partition coefficient (Wildman–Crippen LogP) is 3.63. The Morgan fingerprint density at radius 3 is 3.00 bits per heavy atom. The molecule has 0 spiro atoms. The van der Waals surface area contributed by atoms with Crippen molar-refractivity contribution in [2.75, 3.05) is 18.2 Å². The Kier molecular flexibility index (Phi) is 3.61. The minimum absolute atomic E-state index is 0.236. The lowest BCUT2D eigenvalue weighted by molar-refractivity contribution is 0.103. The van der Waals surface area contributed by atoms with Gasteiger partial charge in [-0.1, -0.05) is 12.1 Å². The number of ether oxygens (including phenoxy) is 1. The quantitative estimate of drug-likeness (QED) is 0.764. The van der Waals surface area contributed by atoms with Crippen LogP contribution in [0.15, 0.2) is 30.3 Å². The molecular formula is C18H17N3O2S. The first-order valence-electron chi connectivity index (χ1n) is 7.82. The van der Waals surface area contributed by atoms with Gasteiger partial charge in [0.15, 0.2) is 0 Å². The Morgan fingerprint density at radius 1 is 1.33 bits per heavy atom. The highest BCUT2D eigenvalue weighted by Gasteiger charge is 2.21. The van der Waals surface area contributed by atoms with Crippen molar-refractivity contribution >= 4 is 38.8 Å². The molecule has 0 aliphatic heterocycles. The molecule has 24 heavy (non-hydrogen) atoms. The third-order valence-electron chi connectivity index (χ3n) is 4.31. The number of nitrogens with two attached hydrogens (primary N) is 1. The first-order valence-corrected chi connectivity index (χ1v) is 8.64. The Bertz CT molecular complexity index is 949. The standard InChI is InChI=1S/C18H17N3O2S/c1-23-14-8-3-2-6-13(14)20-17(22)16-15(19)11-9-10-5-4-7-12(10)21-18(11)24-16/h2-3,6,8-9H,4-5,7,19H2,1H3,(H,20,22).